The number of rotatable bonds is 5. The zero-order chi connectivity index (χ0) is 22.3. The Kier molecular flexibility index (Phi) is 7.73. The fraction of sp³-hybridized carbons (Fsp3) is 0.542. The minimum atomic E-state index is -0.243. The van der Waals surface area contributed by atoms with Gasteiger partial charge in [-0.05, 0) is 68.9 Å². The summed E-state index contributed by atoms with van der Waals surface area (Å²) in [6, 6.07) is 9.01. The molecule has 2 aromatic rings. The molecule has 2 fully saturated rings. The highest BCUT2D eigenvalue weighted by molar-refractivity contribution is 7.80. The Morgan fingerprint density at radius 1 is 1.00 bits per heavy atom. The number of nitrogens with zero attached hydrogens (tertiary/aromatic N) is 4. The van der Waals surface area contributed by atoms with Crippen molar-refractivity contribution in [3.05, 3.63) is 41.7 Å². The average molecular weight is 457 g/mol. The number of aromatic nitrogens is 2. The third kappa shape index (κ3) is 6.06. The van der Waals surface area contributed by atoms with Crippen molar-refractivity contribution < 1.29 is 4.39 Å². The van der Waals surface area contributed by atoms with E-state index in [0.717, 1.165) is 36.8 Å². The second-order valence-corrected chi connectivity index (χ2v) is 9.19. The minimum Gasteiger partial charge on any atom is -0.358 e. The Morgan fingerprint density at radius 2 is 1.69 bits per heavy atom. The van der Waals surface area contributed by atoms with Gasteiger partial charge >= 0.3 is 0 Å². The molecular weight excluding hydrogens is 423 g/mol. The van der Waals surface area contributed by atoms with E-state index < -0.39 is 0 Å². The van der Waals surface area contributed by atoms with E-state index in [1.54, 1.807) is 12.1 Å². The molecule has 0 saturated carbocycles. The van der Waals surface area contributed by atoms with E-state index in [2.05, 4.69) is 33.4 Å². The summed E-state index contributed by atoms with van der Waals surface area (Å²) >= 11 is 5.50. The quantitative estimate of drug-likeness (QED) is 0.623. The Balaban J connectivity index is 1.51. The minimum absolute atomic E-state index is 0.243. The van der Waals surface area contributed by atoms with Gasteiger partial charge in [0.25, 0.3) is 0 Å². The summed E-state index contributed by atoms with van der Waals surface area (Å²) in [6.07, 6.45) is 8.58. The van der Waals surface area contributed by atoms with Crippen molar-refractivity contribution >= 4 is 34.9 Å². The molecule has 1 aromatic heterocycles. The molecule has 2 aliphatic rings. The van der Waals surface area contributed by atoms with Crippen molar-refractivity contribution in [1.82, 2.24) is 15.3 Å². The third-order valence-electron chi connectivity index (χ3n) is 6.32. The standard InChI is InChI=1S/C24H33FN6S/c1-18-8-4-7-15-31(18)22-16-21(30-13-5-2-3-6-14-30)27-23(28-22)29-24(32)26-17-19-9-11-20(25)12-10-19/h9-12,16,18H,2-8,13-15,17H2,1H3,(H2,26,27,28,29,32). The molecule has 4 rings (SSSR count). The van der Waals surface area contributed by atoms with E-state index in [1.807, 2.05) is 0 Å². The number of thiocarbonyl (C=S) groups is 1. The van der Waals surface area contributed by atoms with E-state index >= 15 is 0 Å². The first-order valence-corrected chi connectivity index (χ1v) is 12.2. The van der Waals surface area contributed by atoms with Crippen LogP contribution in [0.15, 0.2) is 30.3 Å². The zero-order valence-corrected chi connectivity index (χ0v) is 19.6. The normalized spacial score (nSPS) is 19.4. The lowest BCUT2D eigenvalue weighted by Gasteiger charge is -2.35. The average Bonchev–Trinajstić information content (AvgIpc) is 3.08. The van der Waals surface area contributed by atoms with Gasteiger partial charge in [0.05, 0.1) is 0 Å². The first-order valence-electron chi connectivity index (χ1n) is 11.8. The number of hydrogen-bond donors (Lipinski definition) is 2. The van der Waals surface area contributed by atoms with Crippen LogP contribution in [-0.4, -0.2) is 40.8 Å². The molecule has 2 saturated heterocycles. The first-order chi connectivity index (χ1) is 15.6. The molecule has 1 aromatic carbocycles. The Hall–Kier alpha value is -2.48. The molecule has 2 N–H and O–H groups in total. The molecule has 2 aliphatic heterocycles. The van der Waals surface area contributed by atoms with Gasteiger partial charge in [0.2, 0.25) is 5.95 Å². The van der Waals surface area contributed by atoms with Crippen molar-refractivity contribution in [3.8, 4) is 0 Å². The Morgan fingerprint density at radius 3 is 2.41 bits per heavy atom. The molecule has 32 heavy (non-hydrogen) atoms. The van der Waals surface area contributed by atoms with Gasteiger partial charge in [-0.1, -0.05) is 25.0 Å². The molecular formula is C24H33FN6S. The highest BCUT2D eigenvalue weighted by Gasteiger charge is 2.22. The van der Waals surface area contributed by atoms with Crippen LogP contribution in [0.1, 0.15) is 57.4 Å². The van der Waals surface area contributed by atoms with Crippen molar-refractivity contribution in [2.24, 2.45) is 0 Å². The molecule has 8 heteroatoms. The number of benzene rings is 1. The van der Waals surface area contributed by atoms with E-state index in [0.29, 0.717) is 23.6 Å². The number of nitrogens with one attached hydrogen (secondary N) is 2. The van der Waals surface area contributed by atoms with Gasteiger partial charge in [-0.3, -0.25) is 0 Å². The number of anilines is 3. The molecule has 0 aliphatic carbocycles. The first kappa shape index (κ1) is 22.7. The van der Waals surface area contributed by atoms with Crippen LogP contribution >= 0.6 is 12.2 Å². The number of piperidine rings is 1. The van der Waals surface area contributed by atoms with E-state index in [-0.39, 0.29) is 5.82 Å². The zero-order valence-electron chi connectivity index (χ0n) is 18.8. The van der Waals surface area contributed by atoms with Crippen LogP contribution in [0.3, 0.4) is 0 Å². The third-order valence-corrected chi connectivity index (χ3v) is 6.56. The van der Waals surface area contributed by atoms with E-state index in [9.17, 15) is 4.39 Å². The van der Waals surface area contributed by atoms with E-state index in [4.69, 9.17) is 22.2 Å². The maximum Gasteiger partial charge on any atom is 0.232 e. The molecule has 1 unspecified atom stereocenters. The second-order valence-electron chi connectivity index (χ2n) is 8.78. The molecule has 6 nitrogen and oxygen atoms in total. The van der Waals surface area contributed by atoms with Crippen molar-refractivity contribution in [2.45, 2.75) is 64.5 Å². The van der Waals surface area contributed by atoms with Gasteiger partial charge < -0.3 is 20.4 Å². The van der Waals surface area contributed by atoms with E-state index in [1.165, 1.54) is 57.1 Å². The van der Waals surface area contributed by atoms with Crippen molar-refractivity contribution in [1.29, 1.82) is 0 Å². The highest BCUT2D eigenvalue weighted by Crippen LogP contribution is 2.28. The van der Waals surface area contributed by atoms with Gasteiger partial charge in [0.15, 0.2) is 5.11 Å². The van der Waals surface area contributed by atoms with Gasteiger partial charge in [-0.15, -0.1) is 0 Å². The molecule has 0 amide bonds. The molecule has 172 valence electrons. The summed E-state index contributed by atoms with van der Waals surface area (Å²) in [5.74, 6) is 2.22. The van der Waals surface area contributed by atoms with Crippen molar-refractivity contribution in [2.75, 3.05) is 34.8 Å². The summed E-state index contributed by atoms with van der Waals surface area (Å²) in [5.41, 5.74) is 0.956. The summed E-state index contributed by atoms with van der Waals surface area (Å²) in [7, 11) is 0. The molecule has 0 radical (unpaired) electrons. The molecule has 1 atom stereocenters. The van der Waals surface area contributed by atoms with Crippen LogP contribution in [0.25, 0.3) is 0 Å². The monoisotopic (exact) mass is 456 g/mol. The summed E-state index contributed by atoms with van der Waals surface area (Å²) < 4.78 is 13.1. The van der Waals surface area contributed by atoms with Crippen LogP contribution in [0, 0.1) is 5.82 Å². The predicted molar refractivity (Wildman–Crippen MR) is 133 cm³/mol. The van der Waals surface area contributed by atoms with Crippen LogP contribution in [-0.2, 0) is 6.54 Å². The molecule has 3 heterocycles. The lowest BCUT2D eigenvalue weighted by atomic mass is 10.0. The highest BCUT2D eigenvalue weighted by atomic mass is 32.1. The van der Waals surface area contributed by atoms with Gasteiger partial charge in [0, 0.05) is 38.3 Å². The van der Waals surface area contributed by atoms with Crippen LogP contribution in [0.5, 0.6) is 0 Å². The lowest BCUT2D eigenvalue weighted by Crippen LogP contribution is -2.38. The largest absolute Gasteiger partial charge is 0.358 e. The van der Waals surface area contributed by atoms with Crippen LogP contribution in [0.2, 0.25) is 0 Å². The predicted octanol–water partition coefficient (Wildman–Crippen LogP) is 4.86. The summed E-state index contributed by atoms with van der Waals surface area (Å²) in [5, 5.41) is 6.82. The van der Waals surface area contributed by atoms with Gasteiger partial charge in [0.1, 0.15) is 17.5 Å². The second kappa shape index (κ2) is 10.9. The van der Waals surface area contributed by atoms with Gasteiger partial charge in [-0.25, -0.2) is 4.39 Å². The maximum absolute atomic E-state index is 13.1. The lowest BCUT2D eigenvalue weighted by molar-refractivity contribution is 0.481. The number of hydrogen-bond acceptors (Lipinski definition) is 5. The summed E-state index contributed by atoms with van der Waals surface area (Å²) in [4.78, 5) is 14.4. The number of halogens is 1. The van der Waals surface area contributed by atoms with Crippen LogP contribution < -0.4 is 20.4 Å². The van der Waals surface area contributed by atoms with Gasteiger partial charge in [-0.2, -0.15) is 9.97 Å². The molecule has 0 spiro atoms. The maximum atomic E-state index is 13.1. The fourth-order valence-corrected chi connectivity index (χ4v) is 4.62. The summed E-state index contributed by atoms with van der Waals surface area (Å²) in [6.45, 7) is 5.85. The Bertz CT molecular complexity index is 898. The van der Waals surface area contributed by atoms with Crippen LogP contribution in [0.4, 0.5) is 22.0 Å². The topological polar surface area (TPSA) is 56.3 Å². The smallest absolute Gasteiger partial charge is 0.232 e. The SMILES string of the molecule is CC1CCCCN1c1cc(N2CCCCCC2)nc(NC(=S)NCc2ccc(F)cc2)n1. The molecule has 0 bridgehead atoms. The Labute approximate surface area is 195 Å². The fourth-order valence-electron chi connectivity index (χ4n) is 4.46. The van der Waals surface area contributed by atoms with Crippen molar-refractivity contribution in [3.63, 3.8) is 0 Å².